The molecule has 21 heavy (non-hydrogen) atoms. The summed E-state index contributed by atoms with van der Waals surface area (Å²) >= 11 is 0. The van der Waals surface area contributed by atoms with Crippen molar-refractivity contribution in [2.24, 2.45) is 0 Å². The van der Waals surface area contributed by atoms with Gasteiger partial charge in [0.1, 0.15) is 6.54 Å². The molecule has 1 aromatic carbocycles. The molecule has 1 heteroatoms. The topological polar surface area (TPSA) is 0 Å². The fourth-order valence-electron chi connectivity index (χ4n) is 2.61. The lowest BCUT2D eigenvalue weighted by Gasteiger charge is -2.36. The van der Waals surface area contributed by atoms with Crippen molar-refractivity contribution in [1.29, 1.82) is 0 Å². The van der Waals surface area contributed by atoms with E-state index in [1.54, 1.807) is 0 Å². The molecule has 0 saturated carbocycles. The highest BCUT2D eigenvalue weighted by Crippen LogP contribution is 2.12. The minimum atomic E-state index is 0.931. The molecule has 0 aliphatic heterocycles. The van der Waals surface area contributed by atoms with Crippen LogP contribution in [-0.4, -0.2) is 30.7 Å². The van der Waals surface area contributed by atoms with Crippen molar-refractivity contribution in [2.75, 3.05) is 26.2 Å². The normalized spacial score (nSPS) is 10.8. The van der Waals surface area contributed by atoms with E-state index in [0.29, 0.717) is 0 Å². The van der Waals surface area contributed by atoms with Crippen LogP contribution in [0.2, 0.25) is 0 Å². The van der Waals surface area contributed by atoms with Crippen LogP contribution in [0.1, 0.15) is 45.1 Å². The molecule has 0 heterocycles. The molecule has 0 aliphatic carbocycles. The van der Waals surface area contributed by atoms with Crippen LogP contribution in [-0.2, 0) is 0 Å². The van der Waals surface area contributed by atoms with Gasteiger partial charge in [-0.1, -0.05) is 57.4 Å². The van der Waals surface area contributed by atoms with Gasteiger partial charge >= 0.3 is 0 Å². The number of benzene rings is 1. The molecule has 114 valence electrons. The molecule has 0 amide bonds. The summed E-state index contributed by atoms with van der Waals surface area (Å²) in [6.45, 7) is 12.9. The van der Waals surface area contributed by atoms with Crippen LogP contribution in [0.3, 0.4) is 0 Å². The lowest BCUT2D eigenvalue weighted by molar-refractivity contribution is -0.916. The Hall–Kier alpha value is -1.52. The highest BCUT2D eigenvalue weighted by atomic mass is 15.3. The first-order valence-corrected chi connectivity index (χ1v) is 8.26. The van der Waals surface area contributed by atoms with Crippen LogP contribution in [0.15, 0.2) is 43.0 Å². The second-order valence-electron chi connectivity index (χ2n) is 5.79. The molecule has 0 bridgehead atoms. The number of hydrogen-bond acceptors (Lipinski definition) is 0. The molecule has 0 aliphatic rings. The van der Waals surface area contributed by atoms with Gasteiger partial charge in [0, 0.05) is 5.56 Å². The summed E-state index contributed by atoms with van der Waals surface area (Å²) in [5.41, 5.74) is 1.11. The quantitative estimate of drug-likeness (QED) is 0.352. The van der Waals surface area contributed by atoms with Crippen LogP contribution in [0, 0.1) is 11.8 Å². The van der Waals surface area contributed by atoms with E-state index in [-0.39, 0.29) is 0 Å². The minimum Gasteiger partial charge on any atom is -0.310 e. The maximum absolute atomic E-state index is 3.96. The second kappa shape index (κ2) is 10.2. The Labute approximate surface area is 131 Å². The Morgan fingerprint density at radius 2 is 1.67 bits per heavy atom. The summed E-state index contributed by atoms with van der Waals surface area (Å²) in [7, 11) is 0. The van der Waals surface area contributed by atoms with Crippen molar-refractivity contribution in [3.05, 3.63) is 48.6 Å². The van der Waals surface area contributed by atoms with Gasteiger partial charge in [-0.3, -0.25) is 0 Å². The first-order valence-electron chi connectivity index (χ1n) is 8.26. The molecule has 0 spiro atoms. The minimum absolute atomic E-state index is 0.931. The Balaban J connectivity index is 2.78. The summed E-state index contributed by atoms with van der Waals surface area (Å²) in [6, 6.07) is 10.3. The Morgan fingerprint density at radius 3 is 2.19 bits per heavy atom. The van der Waals surface area contributed by atoms with Gasteiger partial charge in [-0.15, -0.1) is 0 Å². The molecule has 0 N–H and O–H groups in total. The van der Waals surface area contributed by atoms with Crippen molar-refractivity contribution in [2.45, 2.75) is 39.5 Å². The monoisotopic (exact) mass is 284 g/mol. The van der Waals surface area contributed by atoms with Gasteiger partial charge in [0.15, 0.2) is 0 Å². The van der Waals surface area contributed by atoms with Crippen LogP contribution < -0.4 is 0 Å². The van der Waals surface area contributed by atoms with Crippen LogP contribution >= 0.6 is 0 Å². The van der Waals surface area contributed by atoms with Gasteiger partial charge in [0.2, 0.25) is 0 Å². The second-order valence-corrected chi connectivity index (χ2v) is 5.79. The lowest BCUT2D eigenvalue weighted by Crippen LogP contribution is -2.49. The molecular weight excluding hydrogens is 254 g/mol. The number of rotatable bonds is 9. The third kappa shape index (κ3) is 6.65. The molecule has 0 fully saturated rings. The lowest BCUT2D eigenvalue weighted by atomic mass is 10.2. The van der Waals surface area contributed by atoms with E-state index in [9.17, 15) is 0 Å². The van der Waals surface area contributed by atoms with E-state index in [1.165, 1.54) is 38.8 Å². The molecular formula is C20H30N+. The van der Waals surface area contributed by atoms with E-state index >= 15 is 0 Å². The average Bonchev–Trinajstić information content (AvgIpc) is 2.52. The predicted octanol–water partition coefficient (Wildman–Crippen LogP) is 4.64. The maximum Gasteiger partial charge on any atom is 0.141 e. The zero-order valence-electron chi connectivity index (χ0n) is 13.8. The first-order chi connectivity index (χ1) is 10.3. The van der Waals surface area contributed by atoms with E-state index < -0.39 is 0 Å². The Bertz CT molecular complexity index is 442. The average molecular weight is 284 g/mol. The van der Waals surface area contributed by atoms with Crippen molar-refractivity contribution < 1.29 is 4.48 Å². The fraction of sp³-hybridized carbons (Fsp3) is 0.500. The van der Waals surface area contributed by atoms with Crippen LogP contribution in [0.4, 0.5) is 0 Å². The maximum atomic E-state index is 3.96. The van der Waals surface area contributed by atoms with Gasteiger partial charge in [-0.2, -0.15) is 0 Å². The standard InChI is InChI=1S/C20H30N/c1-4-7-17-21(16-6-3,18-8-5-2)19-12-15-20-13-10-9-11-14-20/h6,9-11,13-14H,3-5,7-8,16-19H2,1-2H3/q+1. The van der Waals surface area contributed by atoms with Gasteiger partial charge in [-0.05, 0) is 37.0 Å². The Morgan fingerprint density at radius 1 is 1.05 bits per heavy atom. The Kier molecular flexibility index (Phi) is 8.55. The van der Waals surface area contributed by atoms with Crippen molar-refractivity contribution in [3.8, 4) is 11.8 Å². The summed E-state index contributed by atoms with van der Waals surface area (Å²) in [4.78, 5) is 0. The van der Waals surface area contributed by atoms with Crippen molar-refractivity contribution in [1.82, 2.24) is 0 Å². The van der Waals surface area contributed by atoms with Gasteiger partial charge in [0.25, 0.3) is 0 Å². The van der Waals surface area contributed by atoms with Crippen LogP contribution in [0.25, 0.3) is 0 Å². The zero-order valence-corrected chi connectivity index (χ0v) is 13.8. The van der Waals surface area contributed by atoms with Gasteiger partial charge in [0.05, 0.1) is 19.6 Å². The molecule has 0 atom stereocenters. The van der Waals surface area contributed by atoms with E-state index in [1.807, 2.05) is 18.2 Å². The van der Waals surface area contributed by atoms with Crippen molar-refractivity contribution >= 4 is 0 Å². The summed E-state index contributed by atoms with van der Waals surface area (Å²) in [6.07, 6.45) is 7.09. The number of quaternary nitrogens is 1. The van der Waals surface area contributed by atoms with Crippen molar-refractivity contribution in [3.63, 3.8) is 0 Å². The zero-order chi connectivity index (χ0) is 15.4. The summed E-state index contributed by atoms with van der Waals surface area (Å²) < 4.78 is 1.07. The largest absolute Gasteiger partial charge is 0.310 e. The SMILES string of the molecule is C=CC[N+](CC#Cc1ccccc1)(CCCC)CCCC. The molecule has 0 unspecified atom stereocenters. The molecule has 1 rings (SSSR count). The fourth-order valence-corrected chi connectivity index (χ4v) is 2.61. The molecule has 1 nitrogen and oxygen atoms in total. The molecule has 1 aromatic rings. The van der Waals surface area contributed by atoms with E-state index in [0.717, 1.165) is 23.1 Å². The van der Waals surface area contributed by atoms with E-state index in [2.05, 4.69) is 50.5 Å². The number of hydrogen-bond donors (Lipinski definition) is 0. The predicted molar refractivity (Wildman–Crippen MR) is 93.1 cm³/mol. The summed E-state index contributed by atoms with van der Waals surface area (Å²) in [5, 5.41) is 0. The third-order valence-corrected chi connectivity index (χ3v) is 3.91. The highest BCUT2D eigenvalue weighted by molar-refractivity contribution is 5.33. The number of unbranched alkanes of at least 4 members (excludes halogenated alkanes) is 2. The molecule has 0 radical (unpaired) electrons. The van der Waals surface area contributed by atoms with Gasteiger partial charge in [-0.25, -0.2) is 0 Å². The number of nitrogens with zero attached hydrogens (tertiary/aromatic N) is 1. The van der Waals surface area contributed by atoms with Crippen LogP contribution in [0.5, 0.6) is 0 Å². The highest BCUT2D eigenvalue weighted by Gasteiger charge is 2.23. The summed E-state index contributed by atoms with van der Waals surface area (Å²) in [5.74, 6) is 6.73. The first kappa shape index (κ1) is 17.5. The molecule has 0 saturated heterocycles. The molecule has 0 aromatic heterocycles. The smallest absolute Gasteiger partial charge is 0.141 e. The van der Waals surface area contributed by atoms with E-state index in [4.69, 9.17) is 0 Å². The van der Waals surface area contributed by atoms with Gasteiger partial charge < -0.3 is 4.48 Å². The third-order valence-electron chi connectivity index (χ3n) is 3.91.